The number of methoxy groups -OCH3 is 1. The Hall–Kier alpha value is -1.02. The molecule has 1 N–H and O–H groups in total. The van der Waals surface area contributed by atoms with E-state index in [2.05, 4.69) is 31.3 Å². The van der Waals surface area contributed by atoms with E-state index in [9.17, 15) is 0 Å². The third-order valence-electron chi connectivity index (χ3n) is 3.20. The van der Waals surface area contributed by atoms with Crippen LogP contribution in [0.25, 0.3) is 0 Å². The molecule has 14 heavy (non-hydrogen) atoms. The van der Waals surface area contributed by atoms with Crippen LogP contribution in [0.1, 0.15) is 29.2 Å². The standard InChI is InChI=1S/C12H17NO/c1-8-9(2)12(14-3)5-4-10(8)11-6-7-13-11/h4-5,11,13H,6-7H2,1-3H3/t11-/m1/s1. The topological polar surface area (TPSA) is 21.3 Å². The maximum absolute atomic E-state index is 5.29. The van der Waals surface area contributed by atoms with Gasteiger partial charge in [0.15, 0.2) is 0 Å². The van der Waals surface area contributed by atoms with E-state index in [-0.39, 0.29) is 0 Å². The molecule has 0 aliphatic carbocycles. The molecule has 0 bridgehead atoms. The first-order valence-electron chi connectivity index (χ1n) is 5.11. The highest BCUT2D eigenvalue weighted by Gasteiger charge is 2.21. The van der Waals surface area contributed by atoms with Crippen LogP contribution in [-0.4, -0.2) is 13.7 Å². The lowest BCUT2D eigenvalue weighted by atomic mass is 9.91. The second kappa shape index (κ2) is 3.62. The summed E-state index contributed by atoms with van der Waals surface area (Å²) in [4.78, 5) is 0. The molecule has 2 rings (SSSR count). The van der Waals surface area contributed by atoms with Crippen molar-refractivity contribution in [2.75, 3.05) is 13.7 Å². The lowest BCUT2D eigenvalue weighted by molar-refractivity contribution is 0.379. The summed E-state index contributed by atoms with van der Waals surface area (Å²) >= 11 is 0. The minimum atomic E-state index is 0.569. The highest BCUT2D eigenvalue weighted by atomic mass is 16.5. The Morgan fingerprint density at radius 3 is 2.50 bits per heavy atom. The van der Waals surface area contributed by atoms with Gasteiger partial charge >= 0.3 is 0 Å². The average Bonchev–Trinajstić information content (AvgIpc) is 2.10. The zero-order chi connectivity index (χ0) is 10.1. The minimum Gasteiger partial charge on any atom is -0.496 e. The van der Waals surface area contributed by atoms with Crippen molar-refractivity contribution in [3.8, 4) is 5.75 Å². The Labute approximate surface area is 85.3 Å². The van der Waals surface area contributed by atoms with Crippen molar-refractivity contribution >= 4 is 0 Å². The van der Waals surface area contributed by atoms with Gasteiger partial charge in [-0.3, -0.25) is 0 Å². The van der Waals surface area contributed by atoms with Crippen LogP contribution >= 0.6 is 0 Å². The fourth-order valence-electron chi connectivity index (χ4n) is 1.97. The Balaban J connectivity index is 2.38. The monoisotopic (exact) mass is 191 g/mol. The summed E-state index contributed by atoms with van der Waals surface area (Å²) in [6.45, 7) is 5.44. The van der Waals surface area contributed by atoms with Gasteiger partial charge in [-0.25, -0.2) is 0 Å². The molecule has 76 valence electrons. The van der Waals surface area contributed by atoms with Crippen LogP contribution in [0.4, 0.5) is 0 Å². The van der Waals surface area contributed by atoms with Crippen molar-refractivity contribution < 1.29 is 4.74 Å². The zero-order valence-corrected chi connectivity index (χ0v) is 9.05. The van der Waals surface area contributed by atoms with Crippen LogP contribution in [0.2, 0.25) is 0 Å². The minimum absolute atomic E-state index is 0.569. The van der Waals surface area contributed by atoms with E-state index < -0.39 is 0 Å². The first kappa shape index (κ1) is 9.53. The summed E-state index contributed by atoms with van der Waals surface area (Å²) in [6.07, 6.45) is 1.26. The summed E-state index contributed by atoms with van der Waals surface area (Å²) in [5, 5.41) is 3.43. The maximum Gasteiger partial charge on any atom is 0.122 e. The van der Waals surface area contributed by atoms with Crippen LogP contribution < -0.4 is 10.1 Å². The van der Waals surface area contributed by atoms with Gasteiger partial charge in [-0.1, -0.05) is 6.07 Å². The van der Waals surface area contributed by atoms with Crippen molar-refractivity contribution in [3.63, 3.8) is 0 Å². The molecule has 1 saturated heterocycles. The van der Waals surface area contributed by atoms with E-state index in [4.69, 9.17) is 4.74 Å². The number of ether oxygens (including phenoxy) is 1. The maximum atomic E-state index is 5.29. The first-order chi connectivity index (χ1) is 6.74. The normalized spacial score (nSPS) is 20.4. The lowest BCUT2D eigenvalue weighted by Gasteiger charge is -2.30. The molecule has 1 atom stereocenters. The second-order valence-electron chi connectivity index (χ2n) is 3.90. The Morgan fingerprint density at radius 2 is 2.00 bits per heavy atom. The average molecular weight is 191 g/mol. The van der Waals surface area contributed by atoms with Gasteiger partial charge in [-0.2, -0.15) is 0 Å². The molecule has 0 spiro atoms. The fraction of sp³-hybridized carbons (Fsp3) is 0.500. The van der Waals surface area contributed by atoms with E-state index in [1.165, 1.54) is 23.1 Å². The smallest absolute Gasteiger partial charge is 0.122 e. The van der Waals surface area contributed by atoms with Crippen LogP contribution in [0, 0.1) is 13.8 Å². The molecule has 1 heterocycles. The number of hydrogen-bond acceptors (Lipinski definition) is 2. The van der Waals surface area contributed by atoms with E-state index in [1.807, 2.05) is 0 Å². The van der Waals surface area contributed by atoms with Gasteiger partial charge < -0.3 is 10.1 Å². The highest BCUT2D eigenvalue weighted by molar-refractivity contribution is 5.45. The summed E-state index contributed by atoms with van der Waals surface area (Å²) in [7, 11) is 1.73. The van der Waals surface area contributed by atoms with Crippen molar-refractivity contribution in [1.29, 1.82) is 0 Å². The number of nitrogens with one attached hydrogen (secondary N) is 1. The predicted molar refractivity (Wildman–Crippen MR) is 57.8 cm³/mol. The molecule has 0 aromatic heterocycles. The van der Waals surface area contributed by atoms with E-state index >= 15 is 0 Å². The fourth-order valence-corrected chi connectivity index (χ4v) is 1.97. The Morgan fingerprint density at radius 1 is 1.29 bits per heavy atom. The summed E-state index contributed by atoms with van der Waals surface area (Å²) in [5.41, 5.74) is 4.05. The first-order valence-corrected chi connectivity index (χ1v) is 5.11. The van der Waals surface area contributed by atoms with Crippen molar-refractivity contribution in [2.24, 2.45) is 0 Å². The lowest BCUT2D eigenvalue weighted by Crippen LogP contribution is -2.35. The van der Waals surface area contributed by atoms with E-state index in [0.717, 1.165) is 12.3 Å². The van der Waals surface area contributed by atoms with E-state index in [1.54, 1.807) is 7.11 Å². The highest BCUT2D eigenvalue weighted by Crippen LogP contribution is 2.31. The molecule has 0 amide bonds. The summed E-state index contributed by atoms with van der Waals surface area (Å²) in [5.74, 6) is 0.991. The van der Waals surface area contributed by atoms with Gasteiger partial charge in [0.05, 0.1) is 7.11 Å². The Kier molecular flexibility index (Phi) is 2.46. The molecular formula is C12H17NO. The van der Waals surface area contributed by atoms with Crippen LogP contribution in [-0.2, 0) is 0 Å². The van der Waals surface area contributed by atoms with Gasteiger partial charge in [-0.15, -0.1) is 0 Å². The third kappa shape index (κ3) is 1.40. The van der Waals surface area contributed by atoms with Crippen molar-refractivity contribution in [3.05, 3.63) is 28.8 Å². The largest absolute Gasteiger partial charge is 0.496 e. The molecule has 1 aromatic rings. The molecule has 2 heteroatoms. The predicted octanol–water partition coefficient (Wildman–Crippen LogP) is 2.35. The summed E-state index contributed by atoms with van der Waals surface area (Å²) in [6, 6.07) is 4.81. The molecule has 0 saturated carbocycles. The van der Waals surface area contributed by atoms with Gasteiger partial charge in [-0.05, 0) is 49.6 Å². The van der Waals surface area contributed by atoms with Gasteiger partial charge in [0.1, 0.15) is 5.75 Å². The molecule has 2 nitrogen and oxygen atoms in total. The zero-order valence-electron chi connectivity index (χ0n) is 9.05. The van der Waals surface area contributed by atoms with Crippen molar-refractivity contribution in [1.82, 2.24) is 5.32 Å². The SMILES string of the molecule is COc1ccc([C@H]2CCN2)c(C)c1C. The van der Waals surface area contributed by atoms with Gasteiger partial charge in [0.25, 0.3) is 0 Å². The van der Waals surface area contributed by atoms with Crippen LogP contribution in [0.5, 0.6) is 5.75 Å². The van der Waals surface area contributed by atoms with Gasteiger partial charge in [0, 0.05) is 6.04 Å². The number of hydrogen-bond donors (Lipinski definition) is 1. The third-order valence-corrected chi connectivity index (χ3v) is 3.20. The quantitative estimate of drug-likeness (QED) is 0.774. The van der Waals surface area contributed by atoms with Crippen LogP contribution in [0.15, 0.2) is 12.1 Å². The summed E-state index contributed by atoms with van der Waals surface area (Å²) < 4.78 is 5.29. The molecular weight excluding hydrogens is 174 g/mol. The van der Waals surface area contributed by atoms with Crippen molar-refractivity contribution in [2.45, 2.75) is 26.3 Å². The second-order valence-corrected chi connectivity index (χ2v) is 3.90. The molecule has 1 fully saturated rings. The molecule has 1 aromatic carbocycles. The molecule has 1 aliphatic rings. The number of rotatable bonds is 2. The van der Waals surface area contributed by atoms with E-state index in [0.29, 0.717) is 6.04 Å². The Bertz CT molecular complexity index is 342. The number of benzene rings is 1. The van der Waals surface area contributed by atoms with Crippen LogP contribution in [0.3, 0.4) is 0 Å². The molecule has 0 unspecified atom stereocenters. The molecule has 0 radical (unpaired) electrons. The van der Waals surface area contributed by atoms with Gasteiger partial charge in [0.2, 0.25) is 0 Å². The molecule has 1 aliphatic heterocycles.